The van der Waals surface area contributed by atoms with Gasteiger partial charge in [0.25, 0.3) is 0 Å². The zero-order valence-electron chi connectivity index (χ0n) is 20.1. The lowest BCUT2D eigenvalue weighted by Gasteiger charge is -2.07. The van der Waals surface area contributed by atoms with E-state index in [1.807, 2.05) is 0 Å². The van der Waals surface area contributed by atoms with Crippen LogP contribution in [0.4, 0.5) is 0 Å². The quantitative estimate of drug-likeness (QED) is 0.0956. The molecule has 0 heterocycles. The van der Waals surface area contributed by atoms with Crippen molar-refractivity contribution in [1.82, 2.24) is 0 Å². The Labute approximate surface area is 183 Å². The van der Waals surface area contributed by atoms with Crippen LogP contribution in [0.2, 0.25) is 0 Å². The van der Waals surface area contributed by atoms with E-state index in [9.17, 15) is 4.79 Å². The van der Waals surface area contributed by atoms with E-state index in [2.05, 4.69) is 20.4 Å². The highest BCUT2D eigenvalue weighted by Gasteiger charge is 2.07. The molecule has 172 valence electrons. The average Bonchev–Trinajstić information content (AvgIpc) is 2.73. The summed E-state index contributed by atoms with van der Waals surface area (Å²) in [6.45, 7) is 9.00. The molecule has 0 fully saturated rings. The van der Waals surface area contributed by atoms with Gasteiger partial charge < -0.3 is 4.74 Å². The SMILES string of the molecule is C=C(CCCCCCCCCCCCCCC)C(=O)OCCCCCCCCC. The maximum Gasteiger partial charge on any atom is 0.333 e. The van der Waals surface area contributed by atoms with Crippen LogP contribution in [0.5, 0.6) is 0 Å². The predicted octanol–water partition coefficient (Wildman–Crippen LogP) is 9.32. The van der Waals surface area contributed by atoms with E-state index < -0.39 is 0 Å². The second kappa shape index (κ2) is 23.5. The third kappa shape index (κ3) is 21.7. The van der Waals surface area contributed by atoms with Crippen molar-refractivity contribution >= 4 is 5.97 Å². The lowest BCUT2D eigenvalue weighted by atomic mass is 10.0. The maximum atomic E-state index is 11.9. The summed E-state index contributed by atoms with van der Waals surface area (Å²) < 4.78 is 5.36. The van der Waals surface area contributed by atoms with E-state index >= 15 is 0 Å². The van der Waals surface area contributed by atoms with Gasteiger partial charge in [0.05, 0.1) is 6.61 Å². The molecule has 2 nitrogen and oxygen atoms in total. The van der Waals surface area contributed by atoms with Crippen LogP contribution < -0.4 is 0 Å². The van der Waals surface area contributed by atoms with E-state index in [1.165, 1.54) is 116 Å². The molecule has 0 unspecified atom stereocenters. The Morgan fingerprint density at radius 3 is 1.31 bits per heavy atom. The van der Waals surface area contributed by atoms with Gasteiger partial charge in [0.15, 0.2) is 0 Å². The molecule has 0 amide bonds. The van der Waals surface area contributed by atoms with E-state index in [1.54, 1.807) is 0 Å². The number of carbonyl (C=O) groups excluding carboxylic acids is 1. The predicted molar refractivity (Wildman–Crippen MR) is 128 cm³/mol. The molecule has 0 spiro atoms. The molecule has 2 heteroatoms. The molecule has 29 heavy (non-hydrogen) atoms. The summed E-state index contributed by atoms with van der Waals surface area (Å²) in [4.78, 5) is 11.9. The minimum atomic E-state index is -0.171. The van der Waals surface area contributed by atoms with Crippen LogP contribution in [0.1, 0.15) is 149 Å². The molecular formula is C27H52O2. The summed E-state index contributed by atoms with van der Waals surface area (Å²) >= 11 is 0. The van der Waals surface area contributed by atoms with Gasteiger partial charge in [-0.15, -0.1) is 0 Å². The van der Waals surface area contributed by atoms with E-state index in [4.69, 9.17) is 4.74 Å². The summed E-state index contributed by atoms with van der Waals surface area (Å²) in [6, 6.07) is 0. The average molecular weight is 409 g/mol. The minimum absolute atomic E-state index is 0.171. The van der Waals surface area contributed by atoms with Gasteiger partial charge in [-0.2, -0.15) is 0 Å². The number of unbranched alkanes of at least 4 members (excludes halogenated alkanes) is 18. The molecule has 0 rings (SSSR count). The Kier molecular flexibility index (Phi) is 22.8. The Morgan fingerprint density at radius 2 is 0.897 bits per heavy atom. The number of hydrogen-bond donors (Lipinski definition) is 0. The fourth-order valence-electron chi connectivity index (χ4n) is 3.78. The number of hydrogen-bond acceptors (Lipinski definition) is 2. The van der Waals surface area contributed by atoms with Crippen molar-refractivity contribution in [1.29, 1.82) is 0 Å². The monoisotopic (exact) mass is 408 g/mol. The zero-order chi connectivity index (χ0) is 21.4. The van der Waals surface area contributed by atoms with Crippen molar-refractivity contribution in [2.75, 3.05) is 6.61 Å². The number of rotatable bonds is 23. The number of carbonyl (C=O) groups is 1. The van der Waals surface area contributed by atoms with Crippen LogP contribution in [0.15, 0.2) is 12.2 Å². The highest BCUT2D eigenvalue weighted by Crippen LogP contribution is 2.15. The van der Waals surface area contributed by atoms with E-state index in [0.717, 1.165) is 19.3 Å². The van der Waals surface area contributed by atoms with Crippen LogP contribution in [0, 0.1) is 0 Å². The first-order valence-corrected chi connectivity index (χ1v) is 13.1. The molecule has 0 aliphatic heterocycles. The summed E-state index contributed by atoms with van der Waals surface area (Å²) in [6.07, 6.45) is 27.0. The first kappa shape index (κ1) is 28.2. The Bertz CT molecular complexity index is 362. The molecule has 0 radical (unpaired) electrons. The topological polar surface area (TPSA) is 26.3 Å². The molecule has 0 aromatic carbocycles. The Morgan fingerprint density at radius 1 is 0.552 bits per heavy atom. The Hall–Kier alpha value is -0.790. The zero-order valence-corrected chi connectivity index (χ0v) is 20.1. The molecule has 0 aromatic rings. The second-order valence-corrected chi connectivity index (χ2v) is 8.85. The molecule has 0 bridgehead atoms. The molecule has 0 aliphatic carbocycles. The molecular weight excluding hydrogens is 356 g/mol. The van der Waals surface area contributed by atoms with Crippen LogP contribution in [-0.2, 0) is 9.53 Å². The van der Waals surface area contributed by atoms with Crippen molar-refractivity contribution in [2.45, 2.75) is 149 Å². The van der Waals surface area contributed by atoms with Gasteiger partial charge in [0.2, 0.25) is 0 Å². The summed E-state index contributed by atoms with van der Waals surface area (Å²) in [7, 11) is 0. The summed E-state index contributed by atoms with van der Waals surface area (Å²) in [5.74, 6) is -0.171. The van der Waals surface area contributed by atoms with Crippen molar-refractivity contribution < 1.29 is 9.53 Å². The summed E-state index contributed by atoms with van der Waals surface area (Å²) in [5.41, 5.74) is 0.663. The van der Waals surface area contributed by atoms with Gasteiger partial charge in [0, 0.05) is 5.57 Å². The van der Waals surface area contributed by atoms with E-state index in [0.29, 0.717) is 12.2 Å². The van der Waals surface area contributed by atoms with Crippen molar-refractivity contribution in [3.8, 4) is 0 Å². The van der Waals surface area contributed by atoms with Gasteiger partial charge >= 0.3 is 5.97 Å². The van der Waals surface area contributed by atoms with Gasteiger partial charge in [-0.05, 0) is 19.3 Å². The van der Waals surface area contributed by atoms with Gasteiger partial charge in [-0.1, -0.05) is 136 Å². The fourth-order valence-corrected chi connectivity index (χ4v) is 3.78. The van der Waals surface area contributed by atoms with Gasteiger partial charge in [-0.3, -0.25) is 0 Å². The number of ether oxygens (including phenoxy) is 1. The highest BCUT2D eigenvalue weighted by molar-refractivity contribution is 5.87. The third-order valence-corrected chi connectivity index (χ3v) is 5.85. The van der Waals surface area contributed by atoms with Crippen LogP contribution >= 0.6 is 0 Å². The molecule has 0 atom stereocenters. The standard InChI is InChI=1S/C27H52O2/c1-4-6-8-10-12-13-14-15-16-17-18-20-22-24-26(3)27(28)29-25-23-21-19-11-9-7-5-2/h3-25H2,1-2H3. The molecule has 0 saturated carbocycles. The first-order chi connectivity index (χ1) is 14.2. The Balaban J connectivity index is 3.30. The number of esters is 1. The smallest absolute Gasteiger partial charge is 0.333 e. The normalized spacial score (nSPS) is 11.0. The highest BCUT2D eigenvalue weighted by atomic mass is 16.5. The minimum Gasteiger partial charge on any atom is -0.462 e. The summed E-state index contributed by atoms with van der Waals surface area (Å²) in [5, 5.41) is 0. The van der Waals surface area contributed by atoms with Crippen LogP contribution in [0.3, 0.4) is 0 Å². The molecule has 0 aromatic heterocycles. The van der Waals surface area contributed by atoms with Crippen molar-refractivity contribution in [3.63, 3.8) is 0 Å². The van der Waals surface area contributed by atoms with Crippen molar-refractivity contribution in [2.24, 2.45) is 0 Å². The first-order valence-electron chi connectivity index (χ1n) is 13.1. The van der Waals surface area contributed by atoms with Crippen LogP contribution in [0.25, 0.3) is 0 Å². The van der Waals surface area contributed by atoms with E-state index in [-0.39, 0.29) is 5.97 Å². The van der Waals surface area contributed by atoms with Crippen LogP contribution in [-0.4, -0.2) is 12.6 Å². The second-order valence-electron chi connectivity index (χ2n) is 8.85. The molecule has 0 N–H and O–H groups in total. The van der Waals surface area contributed by atoms with Crippen molar-refractivity contribution in [3.05, 3.63) is 12.2 Å². The lowest BCUT2D eigenvalue weighted by Crippen LogP contribution is -2.08. The van der Waals surface area contributed by atoms with Gasteiger partial charge in [-0.25, -0.2) is 4.79 Å². The maximum absolute atomic E-state index is 11.9. The van der Waals surface area contributed by atoms with Gasteiger partial charge in [0.1, 0.15) is 0 Å². The lowest BCUT2D eigenvalue weighted by molar-refractivity contribution is -0.139. The third-order valence-electron chi connectivity index (χ3n) is 5.85. The molecule has 0 saturated heterocycles. The fraction of sp³-hybridized carbons (Fsp3) is 0.889. The largest absolute Gasteiger partial charge is 0.462 e. The molecule has 0 aliphatic rings.